The van der Waals surface area contributed by atoms with Crippen LogP contribution in [-0.2, 0) is 24.4 Å². The molecule has 1 aromatic heterocycles. The molecule has 2 heterocycles. The van der Waals surface area contributed by atoms with E-state index in [0.29, 0.717) is 47.7 Å². The van der Waals surface area contributed by atoms with Crippen LogP contribution in [0.2, 0.25) is 5.02 Å². The molecule has 0 bridgehead atoms. The second-order valence-electron chi connectivity index (χ2n) is 12.9. The van der Waals surface area contributed by atoms with Crippen molar-refractivity contribution in [2.75, 3.05) is 32.8 Å². The number of rotatable bonds is 14. The fraction of sp³-hybridized carbons (Fsp3) is 0.238. The normalized spacial score (nSPS) is 13.0. The molecule has 0 radical (unpaired) electrons. The molecule has 1 saturated heterocycles. The van der Waals surface area contributed by atoms with Crippen LogP contribution in [0.4, 0.5) is 5.69 Å². The van der Waals surface area contributed by atoms with Crippen LogP contribution in [-0.4, -0.2) is 58.4 Å². The monoisotopic (exact) mass is 768 g/mol. The molecule has 54 heavy (non-hydrogen) atoms. The number of hydrogen-bond acceptors (Lipinski definition) is 8. The van der Waals surface area contributed by atoms with Gasteiger partial charge in [-0.05, 0) is 78.6 Å². The first-order valence-corrected chi connectivity index (χ1v) is 17.8. The standard InChI is InChI=1S/C42H41ClN4O6.ClH/c1-30-7-14-36(15-8-30)51-24-19-32-9-11-33(12-10-32)28-45-20-22-46(23-21-45)41(48)18-13-34-25-31(2)42(38(43)26-34)53-40-17-16-37(27-44-40)52-29-35-5-3-4-6-39(35)47(49)50;/h3-18,25-27H,19-24,28-29H2,1-2H3;1H. The molecule has 1 aliphatic heterocycles. The third kappa shape index (κ3) is 11.1. The third-order valence-electron chi connectivity index (χ3n) is 8.96. The quantitative estimate of drug-likeness (QED) is 0.0626. The van der Waals surface area contributed by atoms with Gasteiger partial charge in [-0.3, -0.25) is 19.8 Å². The molecule has 10 nitrogen and oxygen atoms in total. The van der Waals surface area contributed by atoms with Crippen LogP contribution in [0.15, 0.2) is 109 Å². The van der Waals surface area contributed by atoms with Crippen molar-refractivity contribution >= 4 is 41.7 Å². The van der Waals surface area contributed by atoms with Crippen LogP contribution in [0.1, 0.15) is 33.4 Å². The molecule has 0 saturated carbocycles. The average molecular weight is 770 g/mol. The van der Waals surface area contributed by atoms with Gasteiger partial charge in [-0.2, -0.15) is 0 Å². The number of carbonyl (C=O) groups excluding carboxylic acids is 1. The molecule has 6 rings (SSSR count). The van der Waals surface area contributed by atoms with Crippen molar-refractivity contribution in [3.05, 3.63) is 158 Å². The molecule has 1 amide bonds. The molecule has 0 N–H and O–H groups in total. The van der Waals surface area contributed by atoms with Gasteiger partial charge in [0.05, 0.1) is 28.3 Å². The van der Waals surface area contributed by atoms with Crippen LogP contribution >= 0.6 is 24.0 Å². The molecule has 1 fully saturated rings. The maximum Gasteiger partial charge on any atom is 0.276 e. The van der Waals surface area contributed by atoms with Gasteiger partial charge >= 0.3 is 0 Å². The highest BCUT2D eigenvalue weighted by molar-refractivity contribution is 6.32. The van der Waals surface area contributed by atoms with Crippen molar-refractivity contribution in [2.24, 2.45) is 0 Å². The van der Waals surface area contributed by atoms with Gasteiger partial charge in [-0.25, -0.2) is 4.98 Å². The number of nitro benzene ring substituents is 1. The molecule has 0 spiro atoms. The number of ether oxygens (including phenoxy) is 3. The predicted octanol–water partition coefficient (Wildman–Crippen LogP) is 9.03. The number of carbonyl (C=O) groups is 1. The molecule has 0 unspecified atom stereocenters. The van der Waals surface area contributed by atoms with Crippen LogP contribution in [0.5, 0.6) is 23.1 Å². The maximum absolute atomic E-state index is 13.0. The lowest BCUT2D eigenvalue weighted by Gasteiger charge is -2.34. The van der Waals surface area contributed by atoms with Crippen LogP contribution < -0.4 is 14.2 Å². The van der Waals surface area contributed by atoms with Crippen molar-refractivity contribution in [1.29, 1.82) is 0 Å². The first-order chi connectivity index (χ1) is 25.7. The van der Waals surface area contributed by atoms with Crippen LogP contribution in [0.3, 0.4) is 0 Å². The summed E-state index contributed by atoms with van der Waals surface area (Å²) >= 11 is 6.61. The van der Waals surface area contributed by atoms with E-state index in [1.165, 1.54) is 29.0 Å². The zero-order valence-corrected chi connectivity index (χ0v) is 31.7. The van der Waals surface area contributed by atoms with E-state index in [-0.39, 0.29) is 30.6 Å². The number of nitro groups is 1. The van der Waals surface area contributed by atoms with E-state index in [2.05, 4.69) is 53.2 Å². The average Bonchev–Trinajstić information content (AvgIpc) is 3.17. The lowest BCUT2D eigenvalue weighted by molar-refractivity contribution is -0.385. The Bertz CT molecular complexity index is 2030. The minimum Gasteiger partial charge on any atom is -0.493 e. The number of amides is 1. The lowest BCUT2D eigenvalue weighted by Crippen LogP contribution is -2.47. The number of hydrogen-bond donors (Lipinski definition) is 0. The van der Waals surface area contributed by atoms with Crippen LogP contribution in [0.25, 0.3) is 6.08 Å². The Morgan fingerprint density at radius 2 is 1.59 bits per heavy atom. The number of aryl methyl sites for hydroxylation is 2. The van der Waals surface area contributed by atoms with Gasteiger partial charge in [-0.1, -0.05) is 65.7 Å². The lowest BCUT2D eigenvalue weighted by atomic mass is 10.1. The van der Waals surface area contributed by atoms with Gasteiger partial charge in [0, 0.05) is 57.4 Å². The second-order valence-corrected chi connectivity index (χ2v) is 13.3. The Morgan fingerprint density at radius 1 is 0.889 bits per heavy atom. The largest absolute Gasteiger partial charge is 0.493 e. The summed E-state index contributed by atoms with van der Waals surface area (Å²) in [7, 11) is 0. The van der Waals surface area contributed by atoms with Gasteiger partial charge in [0.2, 0.25) is 11.8 Å². The molecule has 12 heteroatoms. The van der Waals surface area contributed by atoms with Gasteiger partial charge in [0.15, 0.2) is 5.75 Å². The summed E-state index contributed by atoms with van der Waals surface area (Å²) in [5.74, 6) is 2.05. The van der Waals surface area contributed by atoms with E-state index in [1.807, 2.05) is 30.0 Å². The van der Waals surface area contributed by atoms with Crippen molar-refractivity contribution in [1.82, 2.24) is 14.8 Å². The fourth-order valence-electron chi connectivity index (χ4n) is 5.96. The minimum absolute atomic E-state index is 0. The maximum atomic E-state index is 13.0. The van der Waals surface area contributed by atoms with Gasteiger partial charge < -0.3 is 19.1 Å². The van der Waals surface area contributed by atoms with Crippen molar-refractivity contribution in [3.8, 4) is 23.1 Å². The summed E-state index contributed by atoms with van der Waals surface area (Å²) in [5, 5.41) is 11.6. The SMILES string of the molecule is Cc1ccc(OCCc2ccc(CN3CCN(C(=O)C=Cc4cc(C)c(Oc5ccc(OCc6ccccc6[N+](=O)[O-])cn5)c(Cl)c4)CC3)cc2)cc1.Cl. The van der Waals surface area contributed by atoms with Gasteiger partial charge in [-0.15, -0.1) is 12.4 Å². The summed E-state index contributed by atoms with van der Waals surface area (Å²) < 4.78 is 17.6. The summed E-state index contributed by atoms with van der Waals surface area (Å²) in [6, 6.07) is 30.2. The molecular weight excluding hydrogens is 727 g/mol. The highest BCUT2D eigenvalue weighted by Gasteiger charge is 2.20. The fourth-order valence-corrected chi connectivity index (χ4v) is 6.28. The molecule has 0 aliphatic carbocycles. The highest BCUT2D eigenvalue weighted by Crippen LogP contribution is 2.34. The van der Waals surface area contributed by atoms with E-state index in [1.54, 1.807) is 48.6 Å². The zero-order chi connectivity index (χ0) is 37.2. The van der Waals surface area contributed by atoms with Gasteiger partial charge in [0.1, 0.15) is 18.1 Å². The molecule has 1 aliphatic rings. The van der Waals surface area contributed by atoms with Crippen molar-refractivity contribution in [3.63, 3.8) is 0 Å². The van der Waals surface area contributed by atoms with E-state index in [4.69, 9.17) is 25.8 Å². The Hall–Kier alpha value is -5.42. The number of benzene rings is 4. The molecule has 4 aromatic carbocycles. The Morgan fingerprint density at radius 3 is 2.28 bits per heavy atom. The van der Waals surface area contributed by atoms with E-state index >= 15 is 0 Å². The van der Waals surface area contributed by atoms with Crippen LogP contribution in [0, 0.1) is 24.0 Å². The first kappa shape index (κ1) is 39.8. The summed E-state index contributed by atoms with van der Waals surface area (Å²) in [6.07, 6.45) is 5.70. The number of pyridine rings is 1. The second kappa shape index (κ2) is 19.1. The molecule has 0 atom stereocenters. The predicted molar refractivity (Wildman–Crippen MR) is 213 cm³/mol. The topological polar surface area (TPSA) is 107 Å². The highest BCUT2D eigenvalue weighted by atomic mass is 35.5. The van der Waals surface area contributed by atoms with E-state index < -0.39 is 4.92 Å². The smallest absolute Gasteiger partial charge is 0.276 e. The van der Waals surface area contributed by atoms with E-state index in [9.17, 15) is 14.9 Å². The van der Waals surface area contributed by atoms with Crippen molar-refractivity contribution in [2.45, 2.75) is 33.4 Å². The summed E-state index contributed by atoms with van der Waals surface area (Å²) in [4.78, 5) is 32.4. The van der Waals surface area contributed by atoms with E-state index in [0.717, 1.165) is 42.9 Å². The minimum atomic E-state index is -0.436. The number of para-hydroxylation sites is 1. The Kier molecular flexibility index (Phi) is 14.0. The first-order valence-electron chi connectivity index (χ1n) is 17.5. The van der Waals surface area contributed by atoms with Gasteiger partial charge in [0.25, 0.3) is 5.69 Å². The Labute approximate surface area is 326 Å². The third-order valence-corrected chi connectivity index (χ3v) is 9.24. The number of piperazine rings is 1. The molecule has 5 aromatic rings. The Balaban J connectivity index is 0.00000561. The summed E-state index contributed by atoms with van der Waals surface area (Å²) in [6.45, 7) is 8.38. The number of halogens is 2. The summed E-state index contributed by atoms with van der Waals surface area (Å²) in [5.41, 5.74) is 5.73. The molecule has 280 valence electrons. The number of nitrogens with zero attached hydrogens (tertiary/aromatic N) is 4. The molecular formula is C42H42Cl2N4O6. The van der Waals surface area contributed by atoms with Crippen molar-refractivity contribution < 1.29 is 23.9 Å². The number of aromatic nitrogens is 1. The zero-order valence-electron chi connectivity index (χ0n) is 30.2.